The number of anilines is 1. The molecular weight excluding hydrogens is 284 g/mol. The van der Waals surface area contributed by atoms with E-state index in [0.717, 1.165) is 0 Å². The molecule has 0 unspecified atom stereocenters. The highest BCUT2D eigenvalue weighted by Crippen LogP contribution is 2.20. The number of nitrogens with two attached hydrogens (primary N) is 1. The first-order chi connectivity index (χ1) is 9.47. The predicted octanol–water partition coefficient (Wildman–Crippen LogP) is 0.499. The van der Waals surface area contributed by atoms with Gasteiger partial charge in [0, 0.05) is 18.6 Å². The molecule has 1 aromatic carbocycles. The van der Waals surface area contributed by atoms with Crippen LogP contribution >= 0.6 is 0 Å². The number of nitrogens with one attached hydrogen (secondary N) is 1. The molecule has 1 aromatic heterocycles. The van der Waals surface area contributed by atoms with Gasteiger partial charge < -0.3 is 14.6 Å². The molecule has 0 spiro atoms. The number of ether oxygens (including phenoxy) is 1. The molecule has 2 aromatic rings. The number of hydrazine groups is 1. The molecule has 0 aliphatic heterocycles. The molecule has 7 nitrogen and oxygen atoms in total. The zero-order chi connectivity index (χ0) is 14.8. The molecule has 0 aliphatic carbocycles. The minimum absolute atomic E-state index is 0.00976. The van der Waals surface area contributed by atoms with Gasteiger partial charge in [0.25, 0.3) is 0 Å². The van der Waals surface area contributed by atoms with Crippen molar-refractivity contribution in [1.29, 1.82) is 0 Å². The molecule has 0 aliphatic rings. The molecule has 0 radical (unpaired) electrons. The van der Waals surface area contributed by atoms with Crippen LogP contribution in [0.5, 0.6) is 0 Å². The summed E-state index contributed by atoms with van der Waals surface area (Å²) in [5.74, 6) is 4.98. The van der Waals surface area contributed by atoms with Gasteiger partial charge in [-0.3, -0.25) is 5.84 Å². The second-order valence-electron chi connectivity index (χ2n) is 4.11. The summed E-state index contributed by atoms with van der Waals surface area (Å²) in [7, 11) is -2.34. The monoisotopic (exact) mass is 298 g/mol. The fourth-order valence-electron chi connectivity index (χ4n) is 1.70. The first-order valence-corrected chi connectivity index (χ1v) is 7.39. The Labute approximate surface area is 115 Å². The molecule has 8 heteroatoms. The maximum atomic E-state index is 12.0. The number of rotatable bonds is 5. The van der Waals surface area contributed by atoms with Crippen LogP contribution in [0.25, 0.3) is 11.0 Å². The van der Waals surface area contributed by atoms with Gasteiger partial charge in [0.1, 0.15) is 5.58 Å². The summed E-state index contributed by atoms with van der Waals surface area (Å²) in [5, 5.41) is 0.500. The Morgan fingerprint density at radius 2 is 2.10 bits per heavy atom. The van der Waals surface area contributed by atoms with Crippen LogP contribution in [0.3, 0.4) is 0 Å². The Morgan fingerprint density at radius 3 is 2.75 bits per heavy atom. The summed E-state index contributed by atoms with van der Waals surface area (Å²) in [6.07, 6.45) is 0. The maximum Gasteiger partial charge on any atom is 0.355 e. The van der Waals surface area contributed by atoms with Crippen LogP contribution < -0.4 is 16.9 Å². The lowest BCUT2D eigenvalue weighted by atomic mass is 10.2. The van der Waals surface area contributed by atoms with Crippen molar-refractivity contribution in [3.05, 3.63) is 34.7 Å². The highest BCUT2D eigenvalue weighted by molar-refractivity contribution is 7.91. The van der Waals surface area contributed by atoms with Gasteiger partial charge in [-0.05, 0) is 18.2 Å². The van der Waals surface area contributed by atoms with Crippen molar-refractivity contribution in [2.75, 3.05) is 24.9 Å². The molecule has 3 N–H and O–H groups in total. The standard InChI is InChI=1S/C12H14N2O5S/c1-18-4-5-20(16,17)11-6-8-2-3-9(14-13)7-10(8)19-12(11)15/h2-3,6-7,14H,4-5,13H2,1H3. The van der Waals surface area contributed by atoms with Crippen LogP contribution in [0.15, 0.2) is 38.4 Å². The normalized spacial score (nSPS) is 11.7. The minimum atomic E-state index is -3.73. The van der Waals surface area contributed by atoms with E-state index >= 15 is 0 Å². The molecule has 0 amide bonds. The summed E-state index contributed by atoms with van der Waals surface area (Å²) in [5.41, 5.74) is 2.33. The molecule has 0 saturated heterocycles. The van der Waals surface area contributed by atoms with Crippen molar-refractivity contribution in [3.63, 3.8) is 0 Å². The molecule has 0 fully saturated rings. The molecule has 0 bridgehead atoms. The van der Waals surface area contributed by atoms with Crippen molar-refractivity contribution >= 4 is 26.5 Å². The summed E-state index contributed by atoms with van der Waals surface area (Å²) >= 11 is 0. The van der Waals surface area contributed by atoms with E-state index in [1.807, 2.05) is 0 Å². The van der Waals surface area contributed by atoms with E-state index in [-0.39, 0.29) is 22.8 Å². The Balaban J connectivity index is 2.56. The molecular formula is C12H14N2O5S. The van der Waals surface area contributed by atoms with E-state index in [1.54, 1.807) is 12.1 Å². The van der Waals surface area contributed by atoms with E-state index in [4.69, 9.17) is 15.0 Å². The third kappa shape index (κ3) is 2.82. The van der Waals surface area contributed by atoms with Gasteiger partial charge in [-0.2, -0.15) is 0 Å². The SMILES string of the molecule is COCCS(=O)(=O)c1cc2ccc(NN)cc2oc1=O. The first kappa shape index (κ1) is 14.5. The van der Waals surface area contributed by atoms with Crippen molar-refractivity contribution in [1.82, 2.24) is 0 Å². The Bertz CT molecular complexity index is 782. The van der Waals surface area contributed by atoms with Crippen LogP contribution in [0.2, 0.25) is 0 Å². The smallest absolute Gasteiger partial charge is 0.355 e. The zero-order valence-electron chi connectivity index (χ0n) is 10.8. The number of methoxy groups -OCH3 is 1. The Hall–Kier alpha value is -1.90. The zero-order valence-corrected chi connectivity index (χ0v) is 11.6. The summed E-state index contributed by atoms with van der Waals surface area (Å²) in [4.78, 5) is 11.4. The second-order valence-corrected chi connectivity index (χ2v) is 6.18. The van der Waals surface area contributed by atoms with Crippen LogP contribution in [-0.4, -0.2) is 27.9 Å². The second kappa shape index (κ2) is 5.61. The minimum Gasteiger partial charge on any atom is -0.422 e. The lowest BCUT2D eigenvalue weighted by molar-refractivity contribution is 0.217. The van der Waals surface area contributed by atoms with Gasteiger partial charge in [-0.25, -0.2) is 13.2 Å². The summed E-state index contributed by atoms with van der Waals surface area (Å²) in [6.45, 7) is 0.00976. The van der Waals surface area contributed by atoms with Crippen LogP contribution in [0.1, 0.15) is 0 Å². The van der Waals surface area contributed by atoms with Crippen molar-refractivity contribution in [2.24, 2.45) is 5.84 Å². The summed E-state index contributed by atoms with van der Waals surface area (Å²) in [6, 6.07) is 6.07. The van der Waals surface area contributed by atoms with Crippen LogP contribution in [0, 0.1) is 0 Å². The predicted molar refractivity (Wildman–Crippen MR) is 74.2 cm³/mol. The van der Waals surface area contributed by atoms with E-state index < -0.39 is 15.5 Å². The number of benzene rings is 1. The largest absolute Gasteiger partial charge is 0.422 e. The van der Waals surface area contributed by atoms with Gasteiger partial charge in [-0.1, -0.05) is 0 Å². The van der Waals surface area contributed by atoms with Crippen LogP contribution in [-0.2, 0) is 14.6 Å². The molecule has 1 heterocycles. The number of nitrogen functional groups attached to an aromatic ring is 1. The number of fused-ring (bicyclic) bond motifs is 1. The van der Waals surface area contributed by atoms with Gasteiger partial charge >= 0.3 is 5.63 Å². The lowest BCUT2D eigenvalue weighted by Gasteiger charge is -2.05. The molecule has 0 atom stereocenters. The first-order valence-electron chi connectivity index (χ1n) is 5.74. The lowest BCUT2D eigenvalue weighted by Crippen LogP contribution is -2.19. The Kier molecular flexibility index (Phi) is 4.07. The fraction of sp³-hybridized carbons (Fsp3) is 0.250. The fourth-order valence-corrected chi connectivity index (χ4v) is 2.91. The van der Waals surface area contributed by atoms with Crippen molar-refractivity contribution < 1.29 is 17.6 Å². The van der Waals surface area contributed by atoms with E-state index in [9.17, 15) is 13.2 Å². The average Bonchev–Trinajstić information content (AvgIpc) is 2.43. The van der Waals surface area contributed by atoms with Gasteiger partial charge in [-0.15, -0.1) is 0 Å². The van der Waals surface area contributed by atoms with E-state index in [1.165, 1.54) is 19.2 Å². The van der Waals surface area contributed by atoms with Crippen molar-refractivity contribution in [2.45, 2.75) is 4.90 Å². The number of sulfone groups is 1. The van der Waals surface area contributed by atoms with Crippen LogP contribution in [0.4, 0.5) is 5.69 Å². The molecule has 2 rings (SSSR count). The topological polar surface area (TPSA) is 112 Å². The van der Waals surface area contributed by atoms with Gasteiger partial charge in [0.05, 0.1) is 18.0 Å². The number of hydrogen-bond donors (Lipinski definition) is 2. The third-order valence-corrected chi connectivity index (χ3v) is 4.42. The van der Waals surface area contributed by atoms with E-state index in [2.05, 4.69) is 5.43 Å². The summed E-state index contributed by atoms with van der Waals surface area (Å²) < 4.78 is 33.8. The van der Waals surface area contributed by atoms with Gasteiger partial charge in [0.2, 0.25) is 0 Å². The number of hydrogen-bond acceptors (Lipinski definition) is 7. The quantitative estimate of drug-likeness (QED) is 0.469. The van der Waals surface area contributed by atoms with Gasteiger partial charge in [0.15, 0.2) is 14.7 Å². The maximum absolute atomic E-state index is 12.0. The Morgan fingerprint density at radius 1 is 1.35 bits per heavy atom. The highest BCUT2D eigenvalue weighted by atomic mass is 32.2. The van der Waals surface area contributed by atoms with Crippen molar-refractivity contribution in [3.8, 4) is 0 Å². The highest BCUT2D eigenvalue weighted by Gasteiger charge is 2.20. The molecule has 0 saturated carbocycles. The third-order valence-electron chi connectivity index (χ3n) is 2.76. The average molecular weight is 298 g/mol. The molecule has 20 heavy (non-hydrogen) atoms. The van der Waals surface area contributed by atoms with E-state index in [0.29, 0.717) is 11.1 Å². The molecule has 108 valence electrons.